The van der Waals surface area contributed by atoms with E-state index in [2.05, 4.69) is 22.3 Å². The van der Waals surface area contributed by atoms with E-state index < -0.39 is 6.67 Å². The van der Waals surface area contributed by atoms with Gasteiger partial charge >= 0.3 is 0 Å². The van der Waals surface area contributed by atoms with E-state index in [4.69, 9.17) is 11.6 Å². The van der Waals surface area contributed by atoms with Crippen molar-refractivity contribution in [1.29, 1.82) is 0 Å². The van der Waals surface area contributed by atoms with E-state index in [1.165, 1.54) is 11.0 Å². The predicted octanol–water partition coefficient (Wildman–Crippen LogP) is 3.53. The topological polar surface area (TPSA) is 63.1 Å². The van der Waals surface area contributed by atoms with Gasteiger partial charge < -0.3 is 10.2 Å². The predicted molar refractivity (Wildman–Crippen MR) is 99.1 cm³/mol. The number of anilines is 1. The third-order valence-electron chi connectivity index (χ3n) is 4.71. The molecule has 1 aromatic carbocycles. The SMILES string of the molecule is CC1CCCCN1C(=O)c1ccc(NCc2ncnn2CCF)cc1Cl. The highest BCUT2D eigenvalue weighted by Crippen LogP contribution is 2.26. The average Bonchev–Trinajstić information content (AvgIpc) is 3.07. The Hall–Kier alpha value is -2.15. The Morgan fingerprint density at radius 3 is 3.00 bits per heavy atom. The fraction of sp³-hybridized carbons (Fsp3) is 0.500. The third-order valence-corrected chi connectivity index (χ3v) is 5.02. The van der Waals surface area contributed by atoms with Crippen molar-refractivity contribution >= 4 is 23.2 Å². The maximum atomic E-state index is 12.8. The van der Waals surface area contributed by atoms with Crippen LogP contribution in [0.2, 0.25) is 5.02 Å². The summed E-state index contributed by atoms with van der Waals surface area (Å²) in [6.45, 7) is 2.94. The lowest BCUT2D eigenvalue weighted by atomic mass is 10.0. The zero-order valence-electron chi connectivity index (χ0n) is 14.8. The third kappa shape index (κ3) is 4.15. The molecule has 1 aromatic heterocycles. The van der Waals surface area contributed by atoms with Crippen LogP contribution in [-0.2, 0) is 13.1 Å². The molecule has 0 saturated carbocycles. The first-order valence-corrected chi connectivity index (χ1v) is 9.25. The van der Waals surface area contributed by atoms with Crippen molar-refractivity contribution in [1.82, 2.24) is 19.7 Å². The molecule has 1 aliphatic rings. The highest BCUT2D eigenvalue weighted by Gasteiger charge is 2.25. The van der Waals surface area contributed by atoms with Gasteiger partial charge in [0.2, 0.25) is 0 Å². The van der Waals surface area contributed by atoms with Gasteiger partial charge in [0, 0.05) is 18.3 Å². The summed E-state index contributed by atoms with van der Waals surface area (Å²) in [5.41, 5.74) is 1.29. The summed E-state index contributed by atoms with van der Waals surface area (Å²) in [7, 11) is 0. The number of hydrogen-bond donors (Lipinski definition) is 1. The van der Waals surface area contributed by atoms with Crippen molar-refractivity contribution in [3.05, 3.63) is 40.9 Å². The van der Waals surface area contributed by atoms with Crippen molar-refractivity contribution in [2.45, 2.75) is 45.3 Å². The molecule has 0 spiro atoms. The van der Waals surface area contributed by atoms with E-state index in [1.807, 2.05) is 11.0 Å². The highest BCUT2D eigenvalue weighted by molar-refractivity contribution is 6.34. The van der Waals surface area contributed by atoms with Crippen LogP contribution in [0.3, 0.4) is 0 Å². The Balaban J connectivity index is 1.67. The molecule has 0 bridgehead atoms. The lowest BCUT2D eigenvalue weighted by molar-refractivity contribution is 0.0636. The standard InChI is InChI=1S/C18H23ClFN5O/c1-13-4-2-3-8-24(13)18(26)15-6-5-14(10-16(15)19)21-11-17-22-12-23-25(17)9-7-20/h5-6,10,12-13,21H,2-4,7-9,11H2,1H3. The first-order chi connectivity index (χ1) is 12.6. The minimum atomic E-state index is -0.492. The number of benzene rings is 1. The molecule has 1 saturated heterocycles. The smallest absolute Gasteiger partial charge is 0.255 e. The van der Waals surface area contributed by atoms with Crippen LogP contribution in [0.4, 0.5) is 10.1 Å². The summed E-state index contributed by atoms with van der Waals surface area (Å²) in [5.74, 6) is 0.623. The quantitative estimate of drug-likeness (QED) is 0.834. The summed E-state index contributed by atoms with van der Waals surface area (Å²) in [6.07, 6.45) is 4.63. The van der Waals surface area contributed by atoms with Gasteiger partial charge in [-0.25, -0.2) is 14.1 Å². The molecular formula is C18H23ClFN5O. The van der Waals surface area contributed by atoms with Crippen LogP contribution in [0.15, 0.2) is 24.5 Å². The first-order valence-electron chi connectivity index (χ1n) is 8.87. The van der Waals surface area contributed by atoms with Crippen LogP contribution >= 0.6 is 11.6 Å². The number of hydrogen-bond acceptors (Lipinski definition) is 4. The lowest BCUT2D eigenvalue weighted by Crippen LogP contribution is -2.42. The molecule has 2 aromatic rings. The Kier molecular flexibility index (Phi) is 6.08. The van der Waals surface area contributed by atoms with Crippen LogP contribution in [0.1, 0.15) is 42.4 Å². The lowest BCUT2D eigenvalue weighted by Gasteiger charge is -2.33. The fourth-order valence-electron chi connectivity index (χ4n) is 3.23. The number of aromatic nitrogens is 3. The molecule has 26 heavy (non-hydrogen) atoms. The van der Waals surface area contributed by atoms with Gasteiger partial charge in [-0.2, -0.15) is 5.10 Å². The van der Waals surface area contributed by atoms with Crippen LogP contribution in [-0.4, -0.2) is 44.8 Å². The molecule has 1 unspecified atom stereocenters. The molecule has 0 aliphatic carbocycles. The number of nitrogens with zero attached hydrogens (tertiary/aromatic N) is 4. The van der Waals surface area contributed by atoms with E-state index in [0.29, 0.717) is 23.0 Å². The van der Waals surface area contributed by atoms with E-state index in [-0.39, 0.29) is 18.5 Å². The Morgan fingerprint density at radius 1 is 1.42 bits per heavy atom. The van der Waals surface area contributed by atoms with Crippen molar-refractivity contribution in [2.75, 3.05) is 18.5 Å². The van der Waals surface area contributed by atoms with E-state index in [9.17, 15) is 9.18 Å². The minimum Gasteiger partial charge on any atom is -0.378 e. The Morgan fingerprint density at radius 2 is 2.27 bits per heavy atom. The molecule has 1 aliphatic heterocycles. The molecule has 2 heterocycles. The van der Waals surface area contributed by atoms with Gasteiger partial charge in [0.15, 0.2) is 0 Å². The number of carbonyl (C=O) groups is 1. The second-order valence-corrected chi connectivity index (χ2v) is 6.89. The van der Waals surface area contributed by atoms with Gasteiger partial charge in [0.1, 0.15) is 18.8 Å². The van der Waals surface area contributed by atoms with Crippen molar-refractivity contribution in [3.63, 3.8) is 0 Å². The average molecular weight is 380 g/mol. The summed E-state index contributed by atoms with van der Waals surface area (Å²) < 4.78 is 14.0. The highest BCUT2D eigenvalue weighted by atomic mass is 35.5. The van der Waals surface area contributed by atoms with E-state index in [1.54, 1.807) is 12.1 Å². The monoisotopic (exact) mass is 379 g/mol. The second-order valence-electron chi connectivity index (χ2n) is 6.48. The van der Waals surface area contributed by atoms with Gasteiger partial charge in [0.25, 0.3) is 5.91 Å². The number of aryl methyl sites for hydroxylation is 1. The molecule has 1 amide bonds. The van der Waals surface area contributed by atoms with Gasteiger partial charge in [-0.15, -0.1) is 0 Å². The maximum absolute atomic E-state index is 12.8. The Labute approximate surface area is 157 Å². The molecular weight excluding hydrogens is 357 g/mol. The van der Waals surface area contributed by atoms with Crippen LogP contribution in [0.5, 0.6) is 0 Å². The van der Waals surface area contributed by atoms with E-state index >= 15 is 0 Å². The molecule has 1 fully saturated rings. The summed E-state index contributed by atoms with van der Waals surface area (Å²) >= 11 is 6.36. The molecule has 6 nitrogen and oxygen atoms in total. The number of likely N-dealkylation sites (tertiary alicyclic amines) is 1. The van der Waals surface area contributed by atoms with Crippen molar-refractivity contribution in [3.8, 4) is 0 Å². The molecule has 8 heteroatoms. The molecule has 1 N–H and O–H groups in total. The Bertz CT molecular complexity index is 766. The maximum Gasteiger partial charge on any atom is 0.255 e. The fourth-order valence-corrected chi connectivity index (χ4v) is 3.49. The number of carbonyl (C=O) groups excluding carboxylic acids is 1. The molecule has 1 atom stereocenters. The number of nitrogens with one attached hydrogen (secondary N) is 1. The molecule has 140 valence electrons. The normalized spacial score (nSPS) is 17.3. The number of amides is 1. The summed E-state index contributed by atoms with van der Waals surface area (Å²) in [5, 5.41) is 7.59. The number of rotatable bonds is 6. The van der Waals surface area contributed by atoms with Gasteiger partial charge in [-0.05, 0) is 44.4 Å². The van der Waals surface area contributed by atoms with Crippen molar-refractivity contribution < 1.29 is 9.18 Å². The largest absolute Gasteiger partial charge is 0.378 e. The summed E-state index contributed by atoms with van der Waals surface area (Å²) in [4.78, 5) is 18.8. The van der Waals surface area contributed by atoms with Crippen LogP contribution in [0.25, 0.3) is 0 Å². The zero-order valence-corrected chi connectivity index (χ0v) is 15.5. The molecule has 0 radical (unpaired) electrons. The second kappa shape index (κ2) is 8.49. The van der Waals surface area contributed by atoms with E-state index in [0.717, 1.165) is 31.5 Å². The van der Waals surface area contributed by atoms with Crippen LogP contribution in [0, 0.1) is 0 Å². The van der Waals surface area contributed by atoms with Gasteiger partial charge in [-0.3, -0.25) is 4.79 Å². The summed E-state index contributed by atoms with van der Waals surface area (Å²) in [6, 6.07) is 5.55. The van der Waals surface area contributed by atoms with Gasteiger partial charge in [0.05, 0.1) is 23.7 Å². The van der Waals surface area contributed by atoms with Gasteiger partial charge in [-0.1, -0.05) is 11.6 Å². The zero-order chi connectivity index (χ0) is 18.5. The minimum absolute atomic E-state index is 0.0172. The number of alkyl halides is 1. The first kappa shape index (κ1) is 18.6. The molecule has 3 rings (SSSR count). The number of halogens is 2. The number of piperidine rings is 1. The van der Waals surface area contributed by atoms with Crippen LogP contribution < -0.4 is 5.32 Å². The van der Waals surface area contributed by atoms with Crippen molar-refractivity contribution in [2.24, 2.45) is 0 Å².